The molecule has 0 amide bonds. The Morgan fingerprint density at radius 3 is 2.11 bits per heavy atom. The molecule has 0 aliphatic heterocycles. The molecule has 1 rings (SSSR count). The third kappa shape index (κ3) is 7.23. The highest BCUT2D eigenvalue weighted by molar-refractivity contribution is 5.09. The van der Waals surface area contributed by atoms with E-state index in [0.717, 1.165) is 42.4 Å². The molecular weight excluding hydrogens is 336 g/mol. The minimum Gasteiger partial charge on any atom is -0.0999 e. The molecule has 0 saturated heterocycles. The first-order chi connectivity index (χ1) is 13.1. The van der Waals surface area contributed by atoms with Gasteiger partial charge in [0.05, 0.1) is 0 Å². The highest BCUT2D eigenvalue weighted by Crippen LogP contribution is 2.47. The highest BCUT2D eigenvalue weighted by Gasteiger charge is 2.38. The summed E-state index contributed by atoms with van der Waals surface area (Å²) >= 11 is 0. The molecule has 1 aliphatic carbocycles. The van der Waals surface area contributed by atoms with E-state index in [4.69, 9.17) is 0 Å². The third-order valence-corrected chi connectivity index (χ3v) is 7.96. The number of allylic oxidation sites excluding steroid dienone is 3. The maximum absolute atomic E-state index is 4.53. The van der Waals surface area contributed by atoms with Crippen LogP contribution in [0.5, 0.6) is 0 Å². The molecule has 0 radical (unpaired) electrons. The lowest BCUT2D eigenvalue weighted by atomic mass is 9.61. The first-order valence-corrected chi connectivity index (χ1v) is 12.1. The molecule has 0 bridgehead atoms. The standard InChI is InChI=1S/C28H50/c1-11-13-21(6)17-28-23(8)18-26(24(9)25(28)10)15-14-22(7)27(19(3)4)16-20(5)12-2/h19,23-28H,5-7,11-18H2,1-4,8-10H3/t23?,24-,25-,26-,27-,28-/m0/s1. The largest absolute Gasteiger partial charge is 0.0999 e. The number of hydrogen-bond donors (Lipinski definition) is 0. The Kier molecular flexibility index (Phi) is 10.9. The van der Waals surface area contributed by atoms with Crippen molar-refractivity contribution in [3.8, 4) is 0 Å². The van der Waals surface area contributed by atoms with Gasteiger partial charge in [-0.25, -0.2) is 0 Å². The zero-order valence-electron chi connectivity index (χ0n) is 20.3. The molecule has 1 saturated carbocycles. The Labute approximate surface area is 178 Å². The summed E-state index contributed by atoms with van der Waals surface area (Å²) in [6.45, 7) is 29.9. The summed E-state index contributed by atoms with van der Waals surface area (Å²) in [6, 6.07) is 0. The summed E-state index contributed by atoms with van der Waals surface area (Å²) in [5.74, 6) is 5.36. The van der Waals surface area contributed by atoms with Gasteiger partial charge in [-0.2, -0.15) is 0 Å². The molecule has 1 aliphatic rings. The molecule has 1 unspecified atom stereocenters. The van der Waals surface area contributed by atoms with Gasteiger partial charge in [0.1, 0.15) is 0 Å². The fourth-order valence-electron chi connectivity index (χ4n) is 5.62. The van der Waals surface area contributed by atoms with Crippen molar-refractivity contribution in [1.82, 2.24) is 0 Å². The van der Waals surface area contributed by atoms with Crippen molar-refractivity contribution in [1.29, 1.82) is 0 Å². The second-order valence-corrected chi connectivity index (χ2v) is 10.4. The van der Waals surface area contributed by atoms with Crippen molar-refractivity contribution in [3.63, 3.8) is 0 Å². The van der Waals surface area contributed by atoms with Gasteiger partial charge in [0.25, 0.3) is 0 Å². The van der Waals surface area contributed by atoms with E-state index >= 15 is 0 Å². The van der Waals surface area contributed by atoms with E-state index in [1.807, 2.05) is 0 Å². The molecule has 0 heteroatoms. The van der Waals surface area contributed by atoms with E-state index < -0.39 is 0 Å². The lowest BCUT2D eigenvalue weighted by Crippen LogP contribution is -2.37. The van der Waals surface area contributed by atoms with Gasteiger partial charge in [-0.15, -0.1) is 0 Å². The van der Waals surface area contributed by atoms with Crippen molar-refractivity contribution in [2.75, 3.05) is 0 Å². The van der Waals surface area contributed by atoms with E-state index in [9.17, 15) is 0 Å². The first-order valence-electron chi connectivity index (χ1n) is 12.1. The van der Waals surface area contributed by atoms with Crippen LogP contribution in [0, 0.1) is 41.4 Å². The fraction of sp³-hybridized carbons (Fsp3) is 0.786. The molecule has 0 aromatic rings. The maximum atomic E-state index is 4.53. The molecule has 28 heavy (non-hydrogen) atoms. The van der Waals surface area contributed by atoms with Crippen LogP contribution in [-0.2, 0) is 0 Å². The van der Waals surface area contributed by atoms with E-state index in [2.05, 4.69) is 68.2 Å². The summed E-state index contributed by atoms with van der Waals surface area (Å²) in [5.41, 5.74) is 4.32. The van der Waals surface area contributed by atoms with Crippen LogP contribution in [0.3, 0.4) is 0 Å². The minimum absolute atomic E-state index is 0.603. The SMILES string of the molecule is C=C(CC)C[C@H](C(=C)CC[C@H]1CC(C)[C@H](CC(=C)CCC)[C@@H](C)[C@@H]1C)C(C)C. The second kappa shape index (κ2) is 12.0. The second-order valence-electron chi connectivity index (χ2n) is 10.4. The van der Waals surface area contributed by atoms with Crippen molar-refractivity contribution in [2.24, 2.45) is 41.4 Å². The average Bonchev–Trinajstić information content (AvgIpc) is 2.64. The molecule has 0 aromatic carbocycles. The van der Waals surface area contributed by atoms with E-state index in [1.165, 1.54) is 55.2 Å². The van der Waals surface area contributed by atoms with Crippen LogP contribution in [0.25, 0.3) is 0 Å². The molecule has 0 heterocycles. The molecule has 1 fully saturated rings. The first kappa shape index (κ1) is 25.3. The molecule has 0 spiro atoms. The fourth-order valence-corrected chi connectivity index (χ4v) is 5.62. The molecule has 162 valence electrons. The molecule has 0 N–H and O–H groups in total. The zero-order valence-corrected chi connectivity index (χ0v) is 20.3. The molecular formula is C28H50. The third-order valence-electron chi connectivity index (χ3n) is 7.96. The van der Waals surface area contributed by atoms with Gasteiger partial charge >= 0.3 is 0 Å². The Hall–Kier alpha value is -0.780. The predicted octanol–water partition coefficient (Wildman–Crippen LogP) is 9.24. The van der Waals surface area contributed by atoms with E-state index in [1.54, 1.807) is 0 Å². The van der Waals surface area contributed by atoms with Crippen molar-refractivity contribution in [3.05, 3.63) is 36.5 Å². The summed E-state index contributed by atoms with van der Waals surface area (Å²) in [5, 5.41) is 0. The van der Waals surface area contributed by atoms with Gasteiger partial charge in [-0.1, -0.05) is 91.3 Å². The van der Waals surface area contributed by atoms with E-state index in [-0.39, 0.29) is 0 Å². The summed E-state index contributed by atoms with van der Waals surface area (Å²) < 4.78 is 0. The quantitative estimate of drug-likeness (QED) is 0.293. The summed E-state index contributed by atoms with van der Waals surface area (Å²) in [6.07, 6.45) is 9.80. The highest BCUT2D eigenvalue weighted by atomic mass is 14.4. The predicted molar refractivity (Wildman–Crippen MR) is 129 cm³/mol. The van der Waals surface area contributed by atoms with Gasteiger partial charge in [0, 0.05) is 0 Å². The smallest absolute Gasteiger partial charge is 0.0146 e. The Morgan fingerprint density at radius 1 is 0.929 bits per heavy atom. The lowest BCUT2D eigenvalue weighted by molar-refractivity contribution is 0.0597. The number of rotatable bonds is 12. The molecule has 0 nitrogen and oxygen atoms in total. The summed E-state index contributed by atoms with van der Waals surface area (Å²) in [7, 11) is 0. The van der Waals surface area contributed by atoms with Crippen molar-refractivity contribution in [2.45, 2.75) is 99.8 Å². The van der Waals surface area contributed by atoms with Crippen LogP contribution in [0.4, 0.5) is 0 Å². The zero-order chi connectivity index (χ0) is 21.4. The van der Waals surface area contributed by atoms with Crippen LogP contribution in [0.15, 0.2) is 36.5 Å². The lowest BCUT2D eigenvalue weighted by Gasteiger charge is -2.45. The van der Waals surface area contributed by atoms with Crippen LogP contribution in [0.2, 0.25) is 0 Å². The minimum atomic E-state index is 0.603. The van der Waals surface area contributed by atoms with E-state index in [0.29, 0.717) is 11.8 Å². The van der Waals surface area contributed by atoms with Crippen LogP contribution < -0.4 is 0 Å². The average molecular weight is 387 g/mol. The van der Waals surface area contributed by atoms with Gasteiger partial charge in [-0.05, 0) is 86.4 Å². The topological polar surface area (TPSA) is 0 Å². The van der Waals surface area contributed by atoms with Crippen LogP contribution >= 0.6 is 0 Å². The van der Waals surface area contributed by atoms with Crippen LogP contribution in [0.1, 0.15) is 99.8 Å². The normalized spacial score (nSPS) is 28.9. The maximum Gasteiger partial charge on any atom is -0.0146 e. The van der Waals surface area contributed by atoms with Gasteiger partial charge in [-0.3, -0.25) is 0 Å². The van der Waals surface area contributed by atoms with Crippen molar-refractivity contribution >= 4 is 0 Å². The Bertz CT molecular complexity index is 508. The monoisotopic (exact) mass is 386 g/mol. The summed E-state index contributed by atoms with van der Waals surface area (Å²) in [4.78, 5) is 0. The van der Waals surface area contributed by atoms with Crippen LogP contribution in [-0.4, -0.2) is 0 Å². The Balaban J connectivity index is 2.66. The Morgan fingerprint density at radius 2 is 1.57 bits per heavy atom. The van der Waals surface area contributed by atoms with Crippen molar-refractivity contribution < 1.29 is 0 Å². The van der Waals surface area contributed by atoms with Gasteiger partial charge in [0.15, 0.2) is 0 Å². The molecule has 6 atom stereocenters. The number of hydrogen-bond acceptors (Lipinski definition) is 0. The van der Waals surface area contributed by atoms with Gasteiger partial charge < -0.3 is 0 Å². The molecule has 0 aromatic heterocycles. The van der Waals surface area contributed by atoms with Gasteiger partial charge in [0.2, 0.25) is 0 Å².